The molecule has 6 heteroatoms. The molecular weight excluding hydrogens is 216 g/mol. The van der Waals surface area contributed by atoms with Gasteiger partial charge in [-0.15, -0.1) is 0 Å². The highest BCUT2D eigenvalue weighted by molar-refractivity contribution is 5.14. The molecule has 1 saturated heterocycles. The molecule has 1 fully saturated rings. The molecular formula is C10H18O6. The van der Waals surface area contributed by atoms with Gasteiger partial charge in [0.2, 0.25) is 0 Å². The van der Waals surface area contributed by atoms with Gasteiger partial charge in [0, 0.05) is 8.48 Å². The van der Waals surface area contributed by atoms with Crippen LogP contribution in [0.4, 0.5) is 0 Å². The lowest BCUT2D eigenvalue weighted by Gasteiger charge is -2.29. The molecule has 2 unspecified atom stereocenters. The maximum Gasteiger partial charge on any atom is 0.257 e. The van der Waals surface area contributed by atoms with Gasteiger partial charge in [-0.3, -0.25) is 0 Å². The first-order chi connectivity index (χ1) is 7.89. The molecule has 0 aromatic heterocycles. The van der Waals surface area contributed by atoms with Crippen molar-refractivity contribution >= 4 is 0 Å². The molecule has 0 aliphatic carbocycles. The number of methoxy groups -OCH3 is 1. The smallest absolute Gasteiger partial charge is 0.257 e. The second-order valence-electron chi connectivity index (χ2n) is 3.53. The monoisotopic (exact) mass is 235 g/mol. The Labute approximate surface area is 95.1 Å². The number of aliphatic hydroxyl groups excluding tert-OH is 4. The lowest BCUT2D eigenvalue weighted by Crippen LogP contribution is -2.46. The van der Waals surface area contributed by atoms with E-state index < -0.39 is 42.9 Å². The first kappa shape index (κ1) is 11.8. The molecule has 1 aliphatic heterocycles. The largest absolute Gasteiger partial charge is 0.507 e. The zero-order valence-electron chi connectivity index (χ0n) is 10.2. The third-order valence-corrected chi connectivity index (χ3v) is 2.58. The van der Waals surface area contributed by atoms with Gasteiger partial charge in [-0.05, 0) is 12.5 Å². The highest BCUT2D eigenvalue weighted by Crippen LogP contribution is 2.36. The summed E-state index contributed by atoms with van der Waals surface area (Å²) in [6.45, 7) is 0.980. The van der Waals surface area contributed by atoms with Crippen LogP contribution < -0.4 is 0 Å². The van der Waals surface area contributed by atoms with Crippen LogP contribution in [0.1, 0.15) is 14.7 Å². The van der Waals surface area contributed by atoms with E-state index in [2.05, 4.69) is 0 Å². The van der Waals surface area contributed by atoms with Gasteiger partial charge in [0.1, 0.15) is 18.3 Å². The van der Waals surface area contributed by atoms with Crippen LogP contribution in [0.2, 0.25) is 0 Å². The number of aliphatic hydroxyl groups is 4. The molecule has 16 heavy (non-hydrogen) atoms. The van der Waals surface area contributed by atoms with Crippen LogP contribution in [0, 0.1) is 0 Å². The van der Waals surface area contributed by atoms with E-state index in [1.165, 1.54) is 14.0 Å². The molecule has 1 rings (SSSR count). The Morgan fingerprint density at radius 3 is 2.62 bits per heavy atom. The summed E-state index contributed by atoms with van der Waals surface area (Å²) >= 11 is 0. The minimum atomic E-state index is -1.93. The second-order valence-corrected chi connectivity index (χ2v) is 3.53. The minimum Gasteiger partial charge on any atom is -0.507 e. The third kappa shape index (κ3) is 1.94. The van der Waals surface area contributed by atoms with Crippen molar-refractivity contribution in [3.05, 3.63) is 11.8 Å². The van der Waals surface area contributed by atoms with Gasteiger partial charge in [-0.2, -0.15) is 0 Å². The fourth-order valence-corrected chi connectivity index (χ4v) is 1.70. The molecule has 0 spiro atoms. The van der Waals surface area contributed by atoms with Crippen LogP contribution in [0.25, 0.3) is 0 Å². The second kappa shape index (κ2) is 5.11. The summed E-state index contributed by atoms with van der Waals surface area (Å²) in [4.78, 5) is 0. The lowest BCUT2D eigenvalue weighted by atomic mass is 10.0. The fourth-order valence-electron chi connectivity index (χ4n) is 1.70. The average Bonchev–Trinajstić information content (AvgIpc) is 2.52. The van der Waals surface area contributed by atoms with E-state index in [0.29, 0.717) is 0 Å². The SMILES string of the molecule is [2H]C(C)C=C(O)C1(OC)O[C@H](CO)[C@@H](O)[C@@H]1O. The Hall–Kier alpha value is -0.660. The Morgan fingerprint density at radius 2 is 2.25 bits per heavy atom. The van der Waals surface area contributed by atoms with E-state index in [1.807, 2.05) is 0 Å². The highest BCUT2D eigenvalue weighted by atomic mass is 16.7. The summed E-state index contributed by atoms with van der Waals surface area (Å²) in [5.74, 6) is -2.42. The lowest BCUT2D eigenvalue weighted by molar-refractivity contribution is -0.237. The zero-order valence-corrected chi connectivity index (χ0v) is 9.20. The van der Waals surface area contributed by atoms with Crippen molar-refractivity contribution in [2.75, 3.05) is 13.7 Å². The summed E-state index contributed by atoms with van der Waals surface area (Å²) in [6, 6.07) is 0. The predicted octanol–water partition coefficient (Wildman–Crippen LogP) is -0.706. The number of rotatable bonds is 4. The Bertz CT molecular complexity index is 295. The van der Waals surface area contributed by atoms with E-state index in [4.69, 9.17) is 16.0 Å². The van der Waals surface area contributed by atoms with E-state index in [-0.39, 0.29) is 0 Å². The standard InChI is InChI=1S/C10H18O6/c1-3-4-7(12)10(15-2)9(14)8(13)6(5-11)16-10/h4,6,8-9,11-14H,3,5H2,1-2H3/t6-,8-,9+,10?/m1/s1/i3D/t3?,6-,8-,9+,10?. The first-order valence-corrected chi connectivity index (χ1v) is 4.92. The Balaban J connectivity index is 3.05. The zero-order chi connectivity index (χ0) is 13.2. The molecule has 6 nitrogen and oxygen atoms in total. The van der Waals surface area contributed by atoms with E-state index in [0.717, 1.165) is 6.08 Å². The summed E-state index contributed by atoms with van der Waals surface area (Å²) in [7, 11) is 1.19. The number of ether oxygens (including phenoxy) is 2. The maximum atomic E-state index is 9.82. The number of hydrogen-bond acceptors (Lipinski definition) is 6. The minimum absolute atomic E-state index is 0.495. The molecule has 0 amide bonds. The Kier molecular flexibility index (Phi) is 3.78. The van der Waals surface area contributed by atoms with Crippen molar-refractivity contribution in [2.45, 2.75) is 37.4 Å². The topological polar surface area (TPSA) is 99.4 Å². The van der Waals surface area contributed by atoms with Crippen molar-refractivity contribution in [2.24, 2.45) is 0 Å². The van der Waals surface area contributed by atoms with E-state index in [9.17, 15) is 15.3 Å². The maximum absolute atomic E-state index is 9.82. The van der Waals surface area contributed by atoms with Gasteiger partial charge in [-0.1, -0.05) is 6.92 Å². The molecule has 5 atom stereocenters. The quantitative estimate of drug-likeness (QED) is 0.481. The first-order valence-electron chi connectivity index (χ1n) is 5.50. The van der Waals surface area contributed by atoms with Crippen LogP contribution in [0.5, 0.6) is 0 Å². The van der Waals surface area contributed by atoms with E-state index >= 15 is 0 Å². The van der Waals surface area contributed by atoms with Gasteiger partial charge in [0.15, 0.2) is 5.76 Å². The molecule has 94 valence electrons. The van der Waals surface area contributed by atoms with Crippen LogP contribution in [0.3, 0.4) is 0 Å². The average molecular weight is 235 g/mol. The van der Waals surface area contributed by atoms with Crippen molar-refractivity contribution in [1.82, 2.24) is 0 Å². The van der Waals surface area contributed by atoms with Gasteiger partial charge < -0.3 is 29.9 Å². The molecule has 1 aliphatic rings. The third-order valence-electron chi connectivity index (χ3n) is 2.58. The molecule has 0 bridgehead atoms. The van der Waals surface area contributed by atoms with Crippen molar-refractivity contribution < 1.29 is 31.3 Å². The molecule has 0 radical (unpaired) electrons. The van der Waals surface area contributed by atoms with Gasteiger partial charge >= 0.3 is 0 Å². The molecule has 0 aromatic rings. The van der Waals surface area contributed by atoms with Crippen LogP contribution >= 0.6 is 0 Å². The van der Waals surface area contributed by atoms with Crippen LogP contribution in [-0.2, 0) is 9.47 Å². The normalized spacial score (nSPS) is 43.2. The van der Waals surface area contributed by atoms with Crippen molar-refractivity contribution in [3.63, 3.8) is 0 Å². The molecule has 0 saturated carbocycles. The number of hydrogen-bond donors (Lipinski definition) is 4. The van der Waals surface area contributed by atoms with E-state index in [1.54, 1.807) is 0 Å². The van der Waals surface area contributed by atoms with Crippen molar-refractivity contribution in [1.29, 1.82) is 0 Å². The number of allylic oxidation sites excluding steroid dienone is 1. The van der Waals surface area contributed by atoms with Crippen molar-refractivity contribution in [3.8, 4) is 0 Å². The Morgan fingerprint density at radius 1 is 1.62 bits per heavy atom. The molecule has 0 aromatic carbocycles. The van der Waals surface area contributed by atoms with Crippen LogP contribution in [-0.4, -0.2) is 58.2 Å². The summed E-state index contributed by atoms with van der Waals surface area (Å²) in [5, 5.41) is 38.2. The highest BCUT2D eigenvalue weighted by Gasteiger charge is 2.57. The summed E-state index contributed by atoms with van der Waals surface area (Å²) in [6.07, 6.45) is -3.58. The summed E-state index contributed by atoms with van der Waals surface area (Å²) < 4.78 is 17.4. The van der Waals surface area contributed by atoms with Crippen LogP contribution in [0.15, 0.2) is 11.8 Å². The van der Waals surface area contributed by atoms with Gasteiger partial charge in [0.05, 0.1) is 6.61 Å². The summed E-state index contributed by atoms with van der Waals surface area (Å²) in [5.41, 5.74) is 0. The predicted molar refractivity (Wildman–Crippen MR) is 54.7 cm³/mol. The molecule has 4 N–H and O–H groups in total. The van der Waals surface area contributed by atoms with Gasteiger partial charge in [-0.25, -0.2) is 0 Å². The fraction of sp³-hybridized carbons (Fsp3) is 0.800. The van der Waals surface area contributed by atoms with Gasteiger partial charge in [0.25, 0.3) is 5.79 Å². The molecule has 1 heterocycles.